The molecule has 5 rings (SSSR count). The number of hydrogen-bond donors (Lipinski definition) is 1. The molecule has 0 bridgehead atoms. The Morgan fingerprint density at radius 2 is 1.82 bits per heavy atom. The molecule has 0 unspecified atom stereocenters. The second kappa shape index (κ2) is 14.4. The summed E-state index contributed by atoms with van der Waals surface area (Å²) in [6.45, 7) is 12.2. The summed E-state index contributed by atoms with van der Waals surface area (Å²) in [5.74, 6) is 0.312. The Bertz CT molecular complexity index is 1410. The maximum Gasteiger partial charge on any atom is 0.321 e. The minimum Gasteiger partial charge on any atom is -0.494 e. The number of hydrogen-bond acceptors (Lipinski definition) is 5. The van der Waals surface area contributed by atoms with Gasteiger partial charge in [0.25, 0.3) is 0 Å². The van der Waals surface area contributed by atoms with Crippen LogP contribution < -0.4 is 4.74 Å². The zero-order valence-corrected chi connectivity index (χ0v) is 27.1. The lowest BCUT2D eigenvalue weighted by Gasteiger charge is -2.36. The van der Waals surface area contributed by atoms with Gasteiger partial charge < -0.3 is 14.7 Å². The van der Waals surface area contributed by atoms with Crippen LogP contribution in [0.1, 0.15) is 74.9 Å². The first-order chi connectivity index (χ1) is 21.5. The van der Waals surface area contributed by atoms with Gasteiger partial charge in [0.05, 0.1) is 18.8 Å². The lowest BCUT2D eigenvalue weighted by atomic mass is 9.85. The van der Waals surface area contributed by atoms with Gasteiger partial charge in [0.2, 0.25) is 0 Å². The van der Waals surface area contributed by atoms with Crippen molar-refractivity contribution in [3.05, 3.63) is 82.9 Å². The highest BCUT2D eigenvalue weighted by Crippen LogP contribution is 2.39. The third kappa shape index (κ3) is 8.11. The van der Waals surface area contributed by atoms with Crippen LogP contribution in [0.4, 0.5) is 8.78 Å². The third-order valence-corrected chi connectivity index (χ3v) is 9.44. The van der Waals surface area contributed by atoms with Crippen molar-refractivity contribution in [2.24, 2.45) is 11.3 Å². The van der Waals surface area contributed by atoms with Crippen molar-refractivity contribution in [1.82, 2.24) is 19.6 Å². The van der Waals surface area contributed by atoms with E-state index in [1.807, 2.05) is 50.6 Å². The molecule has 2 aromatic carbocycles. The van der Waals surface area contributed by atoms with Gasteiger partial charge in [-0.1, -0.05) is 45.0 Å². The van der Waals surface area contributed by atoms with Crippen LogP contribution in [0, 0.1) is 17.2 Å². The minimum atomic E-state index is -0.811. The van der Waals surface area contributed by atoms with E-state index in [1.54, 1.807) is 12.1 Å². The number of rotatable bonds is 12. The fourth-order valence-electron chi connectivity index (χ4n) is 7.47. The number of halogens is 2. The molecule has 7 nitrogen and oxygen atoms in total. The second-order valence-corrected chi connectivity index (χ2v) is 13.8. The fourth-order valence-corrected chi connectivity index (χ4v) is 7.47. The lowest BCUT2D eigenvalue weighted by molar-refractivity contribution is -0.147. The molecule has 3 heterocycles. The summed E-state index contributed by atoms with van der Waals surface area (Å²) in [6, 6.07) is 16.4. The Balaban J connectivity index is 1.26. The zero-order chi connectivity index (χ0) is 32.1. The first-order valence-corrected chi connectivity index (χ1v) is 16.3. The number of aliphatic carboxylic acids is 1. The SMILES string of the molecule is CCOc1ccc(Cc2cc(C3CCN(C[C@H]4CN([C@@H](C(=O)O)C(C)(C)C)C[C@@H]4c4cccc(F)c4)CC3)n(CCF)n2)cc1. The first-order valence-electron chi connectivity index (χ1n) is 16.3. The number of alkyl halides is 1. The molecule has 1 aromatic heterocycles. The van der Waals surface area contributed by atoms with Crippen LogP contribution in [0.5, 0.6) is 5.75 Å². The van der Waals surface area contributed by atoms with E-state index in [1.165, 1.54) is 6.07 Å². The molecule has 1 N–H and O–H groups in total. The van der Waals surface area contributed by atoms with Gasteiger partial charge in [-0.05, 0) is 85.6 Å². The maximum absolute atomic E-state index is 14.3. The number of nitrogens with zero attached hydrogens (tertiary/aromatic N) is 4. The summed E-state index contributed by atoms with van der Waals surface area (Å²) in [7, 11) is 0. The minimum absolute atomic E-state index is 0.0544. The van der Waals surface area contributed by atoms with Crippen LogP contribution >= 0.6 is 0 Å². The van der Waals surface area contributed by atoms with E-state index < -0.39 is 24.1 Å². The molecule has 9 heteroatoms. The predicted octanol–water partition coefficient (Wildman–Crippen LogP) is 6.38. The van der Waals surface area contributed by atoms with Gasteiger partial charge in [-0.2, -0.15) is 5.10 Å². The highest BCUT2D eigenvalue weighted by Gasteiger charge is 2.44. The lowest BCUT2D eigenvalue weighted by Crippen LogP contribution is -2.48. The number of carboxylic acid groups (broad SMARTS) is 1. The molecule has 0 amide bonds. The van der Waals surface area contributed by atoms with Crippen molar-refractivity contribution in [3.8, 4) is 5.75 Å². The fraction of sp³-hybridized carbons (Fsp3) is 0.556. The summed E-state index contributed by atoms with van der Waals surface area (Å²) in [5.41, 5.74) is 3.69. The van der Waals surface area contributed by atoms with E-state index in [4.69, 9.17) is 9.84 Å². The molecule has 0 saturated carbocycles. The van der Waals surface area contributed by atoms with E-state index in [0.29, 0.717) is 32.0 Å². The van der Waals surface area contributed by atoms with Crippen molar-refractivity contribution in [1.29, 1.82) is 0 Å². The average molecular weight is 623 g/mol. The Morgan fingerprint density at radius 3 is 2.44 bits per heavy atom. The van der Waals surface area contributed by atoms with Gasteiger partial charge in [0, 0.05) is 43.6 Å². The molecule has 2 aliphatic rings. The van der Waals surface area contributed by atoms with Gasteiger partial charge in [0.1, 0.15) is 24.3 Å². The Hall–Kier alpha value is -3.30. The van der Waals surface area contributed by atoms with E-state index in [-0.39, 0.29) is 24.2 Å². The number of piperidine rings is 1. The summed E-state index contributed by atoms with van der Waals surface area (Å²) in [6.07, 6.45) is 2.58. The Morgan fingerprint density at radius 1 is 1.09 bits per heavy atom. The van der Waals surface area contributed by atoms with Gasteiger partial charge in [0.15, 0.2) is 0 Å². The summed E-state index contributed by atoms with van der Waals surface area (Å²) >= 11 is 0. The highest BCUT2D eigenvalue weighted by molar-refractivity contribution is 5.74. The number of aromatic nitrogens is 2. The van der Waals surface area contributed by atoms with E-state index in [0.717, 1.165) is 60.7 Å². The monoisotopic (exact) mass is 622 g/mol. The quantitative estimate of drug-likeness (QED) is 0.253. The van der Waals surface area contributed by atoms with Crippen molar-refractivity contribution in [2.75, 3.05) is 46.0 Å². The van der Waals surface area contributed by atoms with Gasteiger partial charge >= 0.3 is 5.97 Å². The molecule has 3 aromatic rings. The summed E-state index contributed by atoms with van der Waals surface area (Å²) in [4.78, 5) is 16.9. The molecule has 45 heavy (non-hydrogen) atoms. The van der Waals surface area contributed by atoms with Crippen molar-refractivity contribution in [3.63, 3.8) is 0 Å². The average Bonchev–Trinajstić information content (AvgIpc) is 3.57. The number of carboxylic acids is 1. The van der Waals surface area contributed by atoms with Crippen LogP contribution in [0.2, 0.25) is 0 Å². The topological polar surface area (TPSA) is 70.8 Å². The third-order valence-electron chi connectivity index (χ3n) is 9.44. The van der Waals surface area contributed by atoms with Gasteiger partial charge in [-0.15, -0.1) is 0 Å². The standard InChI is InChI=1S/C36H48F2N4O3/c1-5-45-31-11-9-25(10-12-31)19-30-21-33(42(39-30)18-15-37)26-13-16-40(17-14-26)22-28-23-41(34(35(43)44)36(2,3)4)24-32(28)27-7-6-8-29(38)20-27/h6-12,20-21,26,28,32,34H,5,13-19,22-24H2,1-4H3,(H,43,44)/t28-,32+,34-/m0/s1. The molecular weight excluding hydrogens is 574 g/mol. The van der Waals surface area contributed by atoms with Crippen LogP contribution in [0.25, 0.3) is 0 Å². The Kier molecular flexibility index (Phi) is 10.6. The van der Waals surface area contributed by atoms with Crippen LogP contribution in [0.15, 0.2) is 54.6 Å². The summed E-state index contributed by atoms with van der Waals surface area (Å²) < 4.78 is 35.2. The smallest absolute Gasteiger partial charge is 0.321 e. The molecule has 0 aliphatic carbocycles. The van der Waals surface area contributed by atoms with Crippen LogP contribution in [-0.2, 0) is 17.8 Å². The highest BCUT2D eigenvalue weighted by atomic mass is 19.1. The molecular formula is C36H48F2N4O3. The molecule has 0 radical (unpaired) electrons. The van der Waals surface area contributed by atoms with Crippen molar-refractivity contribution >= 4 is 5.97 Å². The molecule has 2 saturated heterocycles. The van der Waals surface area contributed by atoms with Gasteiger partial charge in [-0.3, -0.25) is 14.4 Å². The first kappa shape index (κ1) is 33.1. The van der Waals surface area contributed by atoms with E-state index >= 15 is 0 Å². The number of aryl methyl sites for hydroxylation is 1. The van der Waals surface area contributed by atoms with Crippen molar-refractivity contribution in [2.45, 2.75) is 71.4 Å². The molecule has 3 atom stereocenters. The number of carbonyl (C=O) groups is 1. The van der Waals surface area contributed by atoms with Crippen LogP contribution in [0.3, 0.4) is 0 Å². The molecule has 2 fully saturated rings. The number of benzene rings is 2. The largest absolute Gasteiger partial charge is 0.494 e. The molecule has 0 spiro atoms. The Labute approximate surface area is 266 Å². The van der Waals surface area contributed by atoms with Crippen LogP contribution in [-0.4, -0.2) is 82.7 Å². The van der Waals surface area contributed by atoms with E-state index in [9.17, 15) is 18.7 Å². The number of ether oxygens (including phenoxy) is 1. The molecule has 244 valence electrons. The second-order valence-electron chi connectivity index (χ2n) is 13.8. The maximum atomic E-state index is 14.3. The molecule has 2 aliphatic heterocycles. The summed E-state index contributed by atoms with van der Waals surface area (Å²) in [5, 5.41) is 14.9. The normalized spacial score (nSPS) is 20.8. The zero-order valence-electron chi connectivity index (χ0n) is 27.1. The predicted molar refractivity (Wildman–Crippen MR) is 172 cm³/mol. The van der Waals surface area contributed by atoms with E-state index in [2.05, 4.69) is 28.0 Å². The van der Waals surface area contributed by atoms with Gasteiger partial charge in [-0.25, -0.2) is 8.78 Å². The number of likely N-dealkylation sites (tertiary alicyclic amines) is 2. The van der Waals surface area contributed by atoms with Crippen molar-refractivity contribution < 1.29 is 23.4 Å².